The topological polar surface area (TPSA) is 98.5 Å². The van der Waals surface area contributed by atoms with Gasteiger partial charge in [-0.15, -0.1) is 0 Å². The van der Waals surface area contributed by atoms with Gasteiger partial charge in [-0.25, -0.2) is 0 Å². The van der Waals surface area contributed by atoms with Crippen molar-refractivity contribution in [3.63, 3.8) is 0 Å². The quantitative estimate of drug-likeness (QED) is 0.780. The Kier molecular flexibility index (Phi) is 4.83. The van der Waals surface area contributed by atoms with Crippen molar-refractivity contribution < 1.29 is 19.1 Å². The Hall–Kier alpha value is -2.37. The molecule has 24 heavy (non-hydrogen) atoms. The van der Waals surface area contributed by atoms with Crippen molar-refractivity contribution in [2.45, 2.75) is 32.1 Å². The van der Waals surface area contributed by atoms with E-state index in [0.29, 0.717) is 29.5 Å². The second-order valence-electron chi connectivity index (χ2n) is 6.79. The Morgan fingerprint density at radius 3 is 2.46 bits per heavy atom. The van der Waals surface area contributed by atoms with E-state index in [2.05, 4.69) is 5.32 Å². The van der Waals surface area contributed by atoms with Crippen LogP contribution in [0.15, 0.2) is 24.3 Å². The first-order valence-corrected chi connectivity index (χ1v) is 8.36. The number of benzene rings is 1. The normalized spacial score (nSPS) is 24.6. The first-order chi connectivity index (χ1) is 11.5. The van der Waals surface area contributed by atoms with Crippen molar-refractivity contribution in [1.29, 1.82) is 0 Å². The average Bonchev–Trinajstić information content (AvgIpc) is 3.16. The number of nitrogens with one attached hydrogen (secondary N) is 1. The molecule has 2 bridgehead atoms. The number of anilines is 1. The molecule has 0 unspecified atom stereocenters. The summed E-state index contributed by atoms with van der Waals surface area (Å²) in [5.41, 5.74) is 6.04. The van der Waals surface area contributed by atoms with Gasteiger partial charge in [0, 0.05) is 17.7 Å². The summed E-state index contributed by atoms with van der Waals surface area (Å²) in [6.45, 7) is -0.294. The molecule has 128 valence electrons. The van der Waals surface area contributed by atoms with Gasteiger partial charge in [-0.3, -0.25) is 14.4 Å². The number of fused-ring (bicyclic) bond motifs is 2. The minimum Gasteiger partial charge on any atom is -0.456 e. The van der Waals surface area contributed by atoms with Gasteiger partial charge in [-0.05, 0) is 61.3 Å². The number of amides is 2. The molecular weight excluding hydrogens is 308 g/mol. The van der Waals surface area contributed by atoms with Gasteiger partial charge in [0.05, 0.1) is 0 Å². The first kappa shape index (κ1) is 16.5. The number of hydrogen-bond acceptors (Lipinski definition) is 4. The number of esters is 1. The van der Waals surface area contributed by atoms with Gasteiger partial charge in [0.15, 0.2) is 6.61 Å². The molecule has 0 aromatic heterocycles. The first-order valence-electron chi connectivity index (χ1n) is 8.36. The van der Waals surface area contributed by atoms with Crippen LogP contribution in [0.3, 0.4) is 0 Å². The molecule has 0 spiro atoms. The Morgan fingerprint density at radius 2 is 1.88 bits per heavy atom. The highest BCUT2D eigenvalue weighted by Gasteiger charge is 2.40. The number of hydrogen-bond donors (Lipinski definition) is 2. The van der Waals surface area contributed by atoms with Crippen molar-refractivity contribution in [3.05, 3.63) is 29.8 Å². The smallest absolute Gasteiger partial charge is 0.306 e. The summed E-state index contributed by atoms with van der Waals surface area (Å²) in [6, 6.07) is 6.21. The molecule has 3 rings (SSSR count). The van der Waals surface area contributed by atoms with Crippen molar-refractivity contribution in [1.82, 2.24) is 0 Å². The fourth-order valence-electron chi connectivity index (χ4n) is 3.96. The van der Waals surface area contributed by atoms with Crippen LogP contribution in [0.5, 0.6) is 0 Å². The molecule has 2 aliphatic carbocycles. The van der Waals surface area contributed by atoms with Crippen molar-refractivity contribution in [3.8, 4) is 0 Å². The zero-order chi connectivity index (χ0) is 17.1. The second kappa shape index (κ2) is 7.03. The lowest BCUT2D eigenvalue weighted by molar-refractivity contribution is -0.148. The third-order valence-electron chi connectivity index (χ3n) is 5.13. The molecule has 0 saturated heterocycles. The number of carbonyl (C=O) groups excluding carboxylic acids is 3. The number of rotatable bonds is 6. The van der Waals surface area contributed by atoms with E-state index in [0.717, 1.165) is 12.3 Å². The summed E-state index contributed by atoms with van der Waals surface area (Å²) in [5, 5.41) is 2.62. The summed E-state index contributed by atoms with van der Waals surface area (Å²) in [5.74, 6) is 0.664. The minimum absolute atomic E-state index is 0.294. The Morgan fingerprint density at radius 1 is 1.12 bits per heavy atom. The van der Waals surface area contributed by atoms with Crippen LogP contribution in [0, 0.1) is 17.8 Å². The Labute approximate surface area is 140 Å². The largest absolute Gasteiger partial charge is 0.456 e. The lowest BCUT2D eigenvalue weighted by Crippen LogP contribution is -2.23. The van der Waals surface area contributed by atoms with Gasteiger partial charge in [-0.2, -0.15) is 0 Å². The van der Waals surface area contributed by atoms with Crippen molar-refractivity contribution >= 4 is 23.5 Å². The SMILES string of the molecule is NC(=O)c1ccc(NC(=O)COC(=O)C[C@@H]2C[C@H]3CC[C@@H]2C3)cc1. The third-order valence-corrected chi connectivity index (χ3v) is 5.13. The maximum atomic E-state index is 11.9. The Balaban J connectivity index is 1.40. The number of nitrogens with two attached hydrogens (primary N) is 1. The highest BCUT2D eigenvalue weighted by atomic mass is 16.5. The maximum Gasteiger partial charge on any atom is 0.306 e. The number of primary amides is 1. The monoisotopic (exact) mass is 330 g/mol. The highest BCUT2D eigenvalue weighted by Crippen LogP contribution is 2.49. The van der Waals surface area contributed by atoms with Crippen molar-refractivity contribution in [2.75, 3.05) is 11.9 Å². The molecular formula is C18H22N2O4. The molecule has 2 aliphatic rings. The maximum absolute atomic E-state index is 11.9. The van der Waals surface area contributed by atoms with Crippen LogP contribution in [0.4, 0.5) is 5.69 Å². The van der Waals surface area contributed by atoms with E-state index in [1.54, 1.807) is 12.1 Å². The Bertz CT molecular complexity index is 641. The summed E-state index contributed by atoms with van der Waals surface area (Å²) in [7, 11) is 0. The molecule has 0 aliphatic heterocycles. The van der Waals surface area contributed by atoms with Crippen LogP contribution in [-0.2, 0) is 14.3 Å². The minimum atomic E-state index is -0.526. The molecule has 1 aromatic carbocycles. The van der Waals surface area contributed by atoms with Crippen LogP contribution >= 0.6 is 0 Å². The third kappa shape index (κ3) is 3.93. The zero-order valence-electron chi connectivity index (χ0n) is 13.5. The molecule has 2 saturated carbocycles. The number of carbonyl (C=O) groups is 3. The second-order valence-corrected chi connectivity index (χ2v) is 6.79. The van der Waals surface area contributed by atoms with Crippen LogP contribution in [0.2, 0.25) is 0 Å². The predicted octanol–water partition coefficient (Wildman–Crippen LogP) is 2.09. The van der Waals surface area contributed by atoms with Crippen LogP contribution < -0.4 is 11.1 Å². The predicted molar refractivity (Wildman–Crippen MR) is 88.1 cm³/mol. The van der Waals surface area contributed by atoms with E-state index >= 15 is 0 Å². The van der Waals surface area contributed by atoms with Crippen LogP contribution in [0.25, 0.3) is 0 Å². The van der Waals surface area contributed by atoms with E-state index in [9.17, 15) is 14.4 Å². The zero-order valence-corrected chi connectivity index (χ0v) is 13.5. The van der Waals surface area contributed by atoms with E-state index in [1.165, 1.54) is 31.4 Å². The fourth-order valence-corrected chi connectivity index (χ4v) is 3.96. The fraction of sp³-hybridized carbons (Fsp3) is 0.500. The lowest BCUT2D eigenvalue weighted by atomic mass is 9.86. The molecule has 6 nitrogen and oxygen atoms in total. The summed E-state index contributed by atoms with van der Waals surface area (Å²) < 4.78 is 5.08. The van der Waals surface area contributed by atoms with Gasteiger partial charge in [0.1, 0.15) is 0 Å². The van der Waals surface area contributed by atoms with Crippen LogP contribution in [-0.4, -0.2) is 24.4 Å². The molecule has 0 radical (unpaired) electrons. The molecule has 3 N–H and O–H groups in total. The molecule has 2 fully saturated rings. The van der Waals surface area contributed by atoms with Gasteiger partial charge in [0.25, 0.3) is 5.91 Å². The molecule has 3 atom stereocenters. The molecule has 6 heteroatoms. The van der Waals surface area contributed by atoms with E-state index in [1.807, 2.05) is 0 Å². The molecule has 2 amide bonds. The number of ether oxygens (including phenoxy) is 1. The summed E-state index contributed by atoms with van der Waals surface area (Å²) >= 11 is 0. The van der Waals surface area contributed by atoms with Gasteiger partial charge >= 0.3 is 5.97 Å². The van der Waals surface area contributed by atoms with E-state index < -0.39 is 11.8 Å². The van der Waals surface area contributed by atoms with Crippen LogP contribution in [0.1, 0.15) is 42.5 Å². The van der Waals surface area contributed by atoms with Gasteiger partial charge in [-0.1, -0.05) is 6.42 Å². The van der Waals surface area contributed by atoms with E-state index in [4.69, 9.17) is 10.5 Å². The summed E-state index contributed by atoms with van der Waals surface area (Å²) in [4.78, 5) is 34.7. The summed E-state index contributed by atoms with van der Waals surface area (Å²) in [6.07, 6.45) is 5.32. The standard InChI is InChI=1S/C18H22N2O4/c19-18(23)12-3-5-15(6-4-12)20-16(21)10-24-17(22)9-14-8-11-1-2-13(14)7-11/h3-6,11,13-14H,1-2,7-10H2,(H2,19,23)(H,20,21)/t11-,13+,14-/m0/s1. The van der Waals surface area contributed by atoms with Gasteiger partial charge < -0.3 is 15.8 Å². The highest BCUT2D eigenvalue weighted by molar-refractivity contribution is 5.95. The van der Waals surface area contributed by atoms with Gasteiger partial charge in [0.2, 0.25) is 5.91 Å². The molecule has 0 heterocycles. The molecule has 1 aromatic rings. The average molecular weight is 330 g/mol. The van der Waals surface area contributed by atoms with Crippen molar-refractivity contribution in [2.24, 2.45) is 23.5 Å². The lowest BCUT2D eigenvalue weighted by Gasteiger charge is -2.20. The van der Waals surface area contributed by atoms with E-state index in [-0.39, 0.29) is 12.6 Å².